The van der Waals surface area contributed by atoms with Crippen molar-refractivity contribution in [2.45, 2.75) is 46.0 Å². The van der Waals surface area contributed by atoms with E-state index in [1.54, 1.807) is 20.8 Å². The largest absolute Gasteiger partial charge is 0.443 e. The van der Waals surface area contributed by atoms with Crippen molar-refractivity contribution >= 4 is 29.4 Å². The molecule has 0 aromatic heterocycles. The van der Waals surface area contributed by atoms with Crippen LogP contribution in [0.4, 0.5) is 20.6 Å². The summed E-state index contributed by atoms with van der Waals surface area (Å²) < 4.78 is 29.0. The molecular formula is C19H23FN2O6. The van der Waals surface area contributed by atoms with Crippen molar-refractivity contribution in [1.29, 1.82) is 0 Å². The van der Waals surface area contributed by atoms with Crippen LogP contribution in [-0.2, 0) is 23.8 Å². The molecule has 8 nitrogen and oxygen atoms in total. The fraction of sp³-hybridized carbons (Fsp3) is 0.421. The molecule has 0 radical (unpaired) electrons. The molecule has 1 amide bonds. The van der Waals surface area contributed by atoms with Crippen LogP contribution < -0.4 is 10.2 Å². The third-order valence-corrected chi connectivity index (χ3v) is 3.48. The molecule has 9 heteroatoms. The molecule has 152 valence electrons. The SMILES string of the molecule is CN(C(=O)OC(C)(C)C)c1cc(F)ccc1NC=C1C(=O)OC(C)(C)OC1=O. The fourth-order valence-electron chi connectivity index (χ4n) is 2.26. The van der Waals surface area contributed by atoms with Gasteiger partial charge in [-0.25, -0.2) is 18.8 Å². The van der Waals surface area contributed by atoms with Gasteiger partial charge in [-0.2, -0.15) is 0 Å². The van der Waals surface area contributed by atoms with Crippen LogP contribution in [0, 0.1) is 5.82 Å². The van der Waals surface area contributed by atoms with Crippen molar-refractivity contribution in [1.82, 2.24) is 0 Å². The molecule has 1 aliphatic heterocycles. The highest BCUT2D eigenvalue weighted by molar-refractivity contribution is 6.15. The third kappa shape index (κ3) is 5.21. The first kappa shape index (κ1) is 21.2. The molecule has 1 saturated heterocycles. The highest BCUT2D eigenvalue weighted by Gasteiger charge is 2.39. The van der Waals surface area contributed by atoms with Gasteiger partial charge in [0.15, 0.2) is 5.57 Å². The highest BCUT2D eigenvalue weighted by atomic mass is 19.1. The van der Waals surface area contributed by atoms with Gasteiger partial charge in [0.25, 0.3) is 5.79 Å². The van der Waals surface area contributed by atoms with E-state index < -0.39 is 35.2 Å². The van der Waals surface area contributed by atoms with Crippen LogP contribution in [0.25, 0.3) is 0 Å². The van der Waals surface area contributed by atoms with Crippen molar-refractivity contribution < 1.29 is 33.0 Å². The lowest BCUT2D eigenvalue weighted by Crippen LogP contribution is -2.42. The minimum atomic E-state index is -1.36. The second-order valence-corrected chi connectivity index (χ2v) is 7.58. The average Bonchev–Trinajstić information content (AvgIpc) is 2.51. The smallest absolute Gasteiger partial charge is 0.414 e. The number of benzene rings is 1. The predicted octanol–water partition coefficient (Wildman–Crippen LogP) is 3.33. The van der Waals surface area contributed by atoms with E-state index in [1.807, 2.05) is 0 Å². The molecule has 1 heterocycles. The zero-order valence-electron chi connectivity index (χ0n) is 16.6. The lowest BCUT2D eigenvalue weighted by atomic mass is 10.2. The Bertz CT molecular complexity index is 819. The molecule has 0 aliphatic carbocycles. The van der Waals surface area contributed by atoms with E-state index in [0.29, 0.717) is 0 Å². The molecule has 1 aromatic rings. The summed E-state index contributed by atoms with van der Waals surface area (Å²) in [6, 6.07) is 3.63. The van der Waals surface area contributed by atoms with Gasteiger partial charge in [0.1, 0.15) is 11.4 Å². The molecule has 2 rings (SSSR count). The molecule has 1 fully saturated rings. The number of hydrogen-bond acceptors (Lipinski definition) is 7. The van der Waals surface area contributed by atoms with Gasteiger partial charge in [-0.05, 0) is 39.0 Å². The minimum Gasteiger partial charge on any atom is -0.443 e. The molecule has 0 bridgehead atoms. The third-order valence-electron chi connectivity index (χ3n) is 3.48. The van der Waals surface area contributed by atoms with Crippen LogP contribution in [0.2, 0.25) is 0 Å². The Morgan fingerprint density at radius 2 is 1.79 bits per heavy atom. The normalized spacial score (nSPS) is 16.0. The quantitative estimate of drug-likeness (QED) is 0.477. The number of amides is 1. The van der Waals surface area contributed by atoms with Crippen molar-refractivity contribution in [2.24, 2.45) is 0 Å². The predicted molar refractivity (Wildman–Crippen MR) is 99.0 cm³/mol. The topological polar surface area (TPSA) is 94.2 Å². The van der Waals surface area contributed by atoms with E-state index in [0.717, 1.165) is 23.2 Å². The number of nitrogens with one attached hydrogen (secondary N) is 1. The number of hydrogen-bond donors (Lipinski definition) is 1. The molecule has 1 N–H and O–H groups in total. The van der Waals surface area contributed by atoms with E-state index in [9.17, 15) is 18.8 Å². The second kappa shape index (κ2) is 7.49. The lowest BCUT2D eigenvalue weighted by molar-refractivity contribution is -0.222. The van der Waals surface area contributed by atoms with E-state index in [2.05, 4.69) is 5.32 Å². The van der Waals surface area contributed by atoms with E-state index >= 15 is 0 Å². The van der Waals surface area contributed by atoms with Crippen LogP contribution in [0.15, 0.2) is 30.0 Å². The summed E-state index contributed by atoms with van der Waals surface area (Å²) in [5, 5.41) is 2.72. The summed E-state index contributed by atoms with van der Waals surface area (Å²) in [6.07, 6.45) is 0.381. The number of carbonyl (C=O) groups excluding carboxylic acids is 3. The Labute approximate surface area is 162 Å². The maximum atomic E-state index is 13.7. The highest BCUT2D eigenvalue weighted by Crippen LogP contribution is 2.29. The Hall–Kier alpha value is -3.10. The molecule has 1 aliphatic rings. The van der Waals surface area contributed by atoms with E-state index in [-0.39, 0.29) is 16.9 Å². The standard InChI is InChI=1S/C19H23FN2O6/c1-18(2,3)28-17(25)22(6)14-9-11(20)7-8-13(14)21-10-12-15(23)26-19(4,5)27-16(12)24/h7-10,21H,1-6H3. The summed E-state index contributed by atoms with van der Waals surface area (Å²) in [5.74, 6) is -3.67. The van der Waals surface area contributed by atoms with Crippen molar-refractivity contribution in [3.05, 3.63) is 35.8 Å². The Balaban J connectivity index is 2.29. The fourth-order valence-corrected chi connectivity index (χ4v) is 2.26. The van der Waals surface area contributed by atoms with Crippen LogP contribution >= 0.6 is 0 Å². The van der Waals surface area contributed by atoms with Gasteiger partial charge < -0.3 is 19.5 Å². The maximum Gasteiger partial charge on any atom is 0.414 e. The van der Waals surface area contributed by atoms with Crippen molar-refractivity contribution in [2.75, 3.05) is 17.3 Å². The number of cyclic esters (lactones) is 2. The lowest BCUT2D eigenvalue weighted by Gasteiger charge is -2.30. The zero-order chi connectivity index (χ0) is 21.3. The van der Waals surface area contributed by atoms with Crippen LogP contribution in [-0.4, -0.2) is 36.5 Å². The summed E-state index contributed by atoms with van der Waals surface area (Å²) >= 11 is 0. The summed E-state index contributed by atoms with van der Waals surface area (Å²) in [7, 11) is 1.41. The summed E-state index contributed by atoms with van der Waals surface area (Å²) in [6.45, 7) is 7.98. The number of esters is 2. The first-order chi connectivity index (χ1) is 12.8. The average molecular weight is 394 g/mol. The first-order valence-corrected chi connectivity index (χ1v) is 8.49. The van der Waals surface area contributed by atoms with Gasteiger partial charge in [0.05, 0.1) is 11.4 Å². The van der Waals surface area contributed by atoms with Crippen LogP contribution in [0.1, 0.15) is 34.6 Å². The Morgan fingerprint density at radius 1 is 1.21 bits per heavy atom. The molecule has 0 unspecified atom stereocenters. The zero-order valence-corrected chi connectivity index (χ0v) is 16.6. The van der Waals surface area contributed by atoms with Crippen LogP contribution in [0.3, 0.4) is 0 Å². The van der Waals surface area contributed by atoms with Gasteiger partial charge in [-0.15, -0.1) is 0 Å². The van der Waals surface area contributed by atoms with Gasteiger partial charge in [0, 0.05) is 27.1 Å². The number of anilines is 2. The van der Waals surface area contributed by atoms with Crippen LogP contribution in [0.5, 0.6) is 0 Å². The van der Waals surface area contributed by atoms with Crippen molar-refractivity contribution in [3.63, 3.8) is 0 Å². The monoisotopic (exact) mass is 394 g/mol. The first-order valence-electron chi connectivity index (χ1n) is 8.49. The van der Waals surface area contributed by atoms with Crippen molar-refractivity contribution in [3.8, 4) is 0 Å². The molecule has 0 spiro atoms. The molecule has 0 saturated carbocycles. The number of nitrogens with zero attached hydrogens (tertiary/aromatic N) is 1. The molecule has 28 heavy (non-hydrogen) atoms. The number of halogens is 1. The number of carbonyl (C=O) groups is 3. The molecule has 0 atom stereocenters. The minimum absolute atomic E-state index is 0.143. The summed E-state index contributed by atoms with van der Waals surface area (Å²) in [4.78, 5) is 37.4. The second-order valence-electron chi connectivity index (χ2n) is 7.58. The summed E-state index contributed by atoms with van der Waals surface area (Å²) in [5.41, 5.74) is -0.706. The van der Waals surface area contributed by atoms with Gasteiger partial charge >= 0.3 is 18.0 Å². The molecular weight excluding hydrogens is 371 g/mol. The molecule has 1 aromatic carbocycles. The van der Waals surface area contributed by atoms with Gasteiger partial charge in [-0.3, -0.25) is 4.90 Å². The Morgan fingerprint density at radius 3 is 2.32 bits per heavy atom. The van der Waals surface area contributed by atoms with E-state index in [1.165, 1.54) is 27.0 Å². The Kier molecular flexibility index (Phi) is 5.67. The van der Waals surface area contributed by atoms with Gasteiger partial charge in [0.2, 0.25) is 0 Å². The number of ether oxygens (including phenoxy) is 3. The maximum absolute atomic E-state index is 13.7. The van der Waals surface area contributed by atoms with E-state index in [4.69, 9.17) is 14.2 Å². The van der Waals surface area contributed by atoms with Gasteiger partial charge in [-0.1, -0.05) is 0 Å². The number of rotatable bonds is 3.